The molecule has 2 N–H and O–H groups in total. The number of carbonyl (C=O) groups is 1. The Bertz CT molecular complexity index is 988. The summed E-state index contributed by atoms with van der Waals surface area (Å²) in [4.78, 5) is 14.7. The number of benzene rings is 3. The van der Waals surface area contributed by atoms with Gasteiger partial charge in [-0.3, -0.25) is 4.79 Å². The third-order valence-corrected chi connectivity index (χ3v) is 6.03. The van der Waals surface area contributed by atoms with Gasteiger partial charge in [-0.2, -0.15) is 0 Å². The van der Waals surface area contributed by atoms with Crippen LogP contribution in [0.25, 0.3) is 0 Å². The van der Waals surface area contributed by atoms with Crippen molar-refractivity contribution in [3.8, 4) is 0 Å². The maximum atomic E-state index is 12.3. The predicted molar refractivity (Wildman–Crippen MR) is 123 cm³/mol. The molecule has 0 saturated heterocycles. The Morgan fingerprint density at radius 2 is 1.79 bits per heavy atom. The van der Waals surface area contributed by atoms with E-state index in [2.05, 4.69) is 42.7 Å². The average molecular weight is 425 g/mol. The summed E-state index contributed by atoms with van der Waals surface area (Å²) in [7, 11) is 0. The third kappa shape index (κ3) is 6.36. The van der Waals surface area contributed by atoms with Crippen LogP contribution in [-0.4, -0.2) is 12.5 Å². The van der Waals surface area contributed by atoms with Crippen molar-refractivity contribution in [2.75, 3.05) is 11.9 Å². The van der Waals surface area contributed by atoms with E-state index in [-0.39, 0.29) is 18.5 Å². The first-order chi connectivity index (χ1) is 13.9. The molecular weight excluding hydrogens is 400 g/mol. The van der Waals surface area contributed by atoms with Gasteiger partial charge in [0.2, 0.25) is 5.91 Å². The van der Waals surface area contributed by atoms with E-state index in [0.717, 1.165) is 16.1 Å². The SMILES string of the molecule is Cc1ccc(C)c(Sc2ccc(NC(=O)CNC(C)c3cccc(Cl)c3)cc2)c1. The summed E-state index contributed by atoms with van der Waals surface area (Å²) in [6.07, 6.45) is 0. The van der Waals surface area contributed by atoms with Crippen LogP contribution in [0.5, 0.6) is 0 Å². The van der Waals surface area contributed by atoms with E-state index in [9.17, 15) is 4.79 Å². The molecule has 0 aliphatic heterocycles. The number of aryl methyl sites for hydroxylation is 2. The minimum absolute atomic E-state index is 0.0378. The van der Waals surface area contributed by atoms with Crippen LogP contribution in [0.4, 0.5) is 5.69 Å². The number of nitrogens with one attached hydrogen (secondary N) is 2. The van der Waals surface area contributed by atoms with E-state index in [4.69, 9.17) is 11.6 Å². The molecule has 3 nitrogen and oxygen atoms in total. The van der Waals surface area contributed by atoms with Gasteiger partial charge in [-0.25, -0.2) is 0 Å². The standard InChI is InChI=1S/C24H25ClN2OS/c1-16-7-8-17(2)23(13-16)29-22-11-9-21(10-12-22)27-24(28)15-26-18(3)19-5-4-6-20(25)14-19/h4-14,18,26H,15H2,1-3H3,(H,27,28). The molecule has 5 heteroatoms. The van der Waals surface area contributed by atoms with Crippen LogP contribution < -0.4 is 10.6 Å². The first kappa shape index (κ1) is 21.4. The lowest BCUT2D eigenvalue weighted by atomic mass is 10.1. The van der Waals surface area contributed by atoms with Gasteiger partial charge in [0, 0.05) is 26.5 Å². The third-order valence-electron chi connectivity index (χ3n) is 4.63. The Labute approximate surface area is 181 Å². The Balaban J connectivity index is 1.52. The Morgan fingerprint density at radius 3 is 2.52 bits per heavy atom. The maximum absolute atomic E-state index is 12.3. The fourth-order valence-corrected chi connectivity index (χ4v) is 4.09. The summed E-state index contributed by atoms with van der Waals surface area (Å²) in [5, 5.41) is 6.86. The number of anilines is 1. The van der Waals surface area contributed by atoms with Gasteiger partial charge >= 0.3 is 0 Å². The molecule has 0 heterocycles. The molecule has 3 aromatic carbocycles. The zero-order valence-electron chi connectivity index (χ0n) is 16.8. The van der Waals surface area contributed by atoms with Crippen LogP contribution >= 0.6 is 23.4 Å². The molecule has 0 aliphatic carbocycles. The lowest BCUT2D eigenvalue weighted by molar-refractivity contribution is -0.115. The molecule has 0 aromatic heterocycles. The van der Waals surface area contributed by atoms with Crippen LogP contribution in [-0.2, 0) is 4.79 Å². The predicted octanol–water partition coefficient (Wildman–Crippen LogP) is 6.40. The number of rotatable bonds is 7. The van der Waals surface area contributed by atoms with Crippen molar-refractivity contribution < 1.29 is 4.79 Å². The summed E-state index contributed by atoms with van der Waals surface area (Å²) in [6.45, 7) is 6.46. The highest BCUT2D eigenvalue weighted by Gasteiger charge is 2.09. The molecule has 0 aliphatic rings. The zero-order chi connectivity index (χ0) is 20.8. The molecule has 150 valence electrons. The van der Waals surface area contributed by atoms with Gasteiger partial charge in [0.05, 0.1) is 6.54 Å². The van der Waals surface area contributed by atoms with Crippen LogP contribution in [0.3, 0.4) is 0 Å². The highest BCUT2D eigenvalue weighted by Crippen LogP contribution is 2.31. The van der Waals surface area contributed by atoms with E-state index < -0.39 is 0 Å². The second-order valence-corrected chi connectivity index (χ2v) is 8.65. The summed E-state index contributed by atoms with van der Waals surface area (Å²) in [6, 6.07) is 22.1. The number of hydrogen-bond donors (Lipinski definition) is 2. The first-order valence-corrected chi connectivity index (χ1v) is 10.7. The molecule has 0 fully saturated rings. The van der Waals surface area contributed by atoms with Crippen molar-refractivity contribution >= 4 is 35.0 Å². The normalized spacial score (nSPS) is 11.9. The molecule has 0 radical (unpaired) electrons. The lowest BCUT2D eigenvalue weighted by Crippen LogP contribution is -2.30. The van der Waals surface area contributed by atoms with E-state index >= 15 is 0 Å². The monoisotopic (exact) mass is 424 g/mol. The summed E-state index contributed by atoms with van der Waals surface area (Å²) < 4.78 is 0. The molecule has 0 spiro atoms. The molecule has 29 heavy (non-hydrogen) atoms. The smallest absolute Gasteiger partial charge is 0.238 e. The van der Waals surface area contributed by atoms with Gasteiger partial charge in [-0.05, 0) is 79.9 Å². The topological polar surface area (TPSA) is 41.1 Å². The van der Waals surface area contributed by atoms with Gasteiger partial charge in [-0.1, -0.05) is 47.6 Å². The molecule has 0 saturated carbocycles. The fraction of sp³-hybridized carbons (Fsp3) is 0.208. The molecule has 3 aromatic rings. The first-order valence-electron chi connectivity index (χ1n) is 9.54. The second-order valence-electron chi connectivity index (χ2n) is 7.10. The molecule has 1 amide bonds. The van der Waals surface area contributed by atoms with E-state index in [0.29, 0.717) is 5.02 Å². The minimum atomic E-state index is -0.0752. The van der Waals surface area contributed by atoms with Crippen molar-refractivity contribution in [1.29, 1.82) is 0 Å². The molecule has 0 bridgehead atoms. The van der Waals surface area contributed by atoms with Gasteiger partial charge < -0.3 is 10.6 Å². The second kappa shape index (κ2) is 9.97. The van der Waals surface area contributed by atoms with Crippen molar-refractivity contribution in [3.05, 3.63) is 88.4 Å². The molecule has 1 unspecified atom stereocenters. The van der Waals surface area contributed by atoms with Gasteiger partial charge in [-0.15, -0.1) is 0 Å². The number of carbonyl (C=O) groups excluding carboxylic acids is 1. The van der Waals surface area contributed by atoms with Crippen LogP contribution in [0.1, 0.15) is 29.7 Å². The van der Waals surface area contributed by atoms with Crippen LogP contribution in [0.15, 0.2) is 76.5 Å². The van der Waals surface area contributed by atoms with Crippen LogP contribution in [0.2, 0.25) is 5.02 Å². The Morgan fingerprint density at radius 1 is 1.03 bits per heavy atom. The van der Waals surface area contributed by atoms with Gasteiger partial charge in [0.25, 0.3) is 0 Å². The molecule has 3 rings (SSSR count). The highest BCUT2D eigenvalue weighted by molar-refractivity contribution is 7.99. The largest absolute Gasteiger partial charge is 0.325 e. The van der Waals surface area contributed by atoms with Gasteiger partial charge in [0.1, 0.15) is 0 Å². The van der Waals surface area contributed by atoms with Crippen molar-refractivity contribution in [1.82, 2.24) is 5.32 Å². The van der Waals surface area contributed by atoms with E-state index in [1.54, 1.807) is 11.8 Å². The summed E-state index contributed by atoms with van der Waals surface area (Å²) in [5.41, 5.74) is 4.36. The molecular formula is C24H25ClN2OS. The van der Waals surface area contributed by atoms with Crippen LogP contribution in [0, 0.1) is 13.8 Å². The summed E-state index contributed by atoms with van der Waals surface area (Å²) >= 11 is 7.76. The number of halogens is 1. The number of hydrogen-bond acceptors (Lipinski definition) is 3. The lowest BCUT2D eigenvalue weighted by Gasteiger charge is -2.14. The Hall–Kier alpha value is -2.27. The number of amides is 1. The van der Waals surface area contributed by atoms with Gasteiger partial charge in [0.15, 0.2) is 0 Å². The highest BCUT2D eigenvalue weighted by atomic mass is 35.5. The Kier molecular flexibility index (Phi) is 7.37. The van der Waals surface area contributed by atoms with E-state index in [1.165, 1.54) is 16.0 Å². The van der Waals surface area contributed by atoms with Crippen molar-refractivity contribution in [2.45, 2.75) is 36.6 Å². The summed E-state index contributed by atoms with van der Waals surface area (Å²) in [5.74, 6) is -0.0752. The zero-order valence-corrected chi connectivity index (χ0v) is 18.4. The maximum Gasteiger partial charge on any atom is 0.238 e. The molecule has 1 atom stereocenters. The fourth-order valence-electron chi connectivity index (χ4n) is 2.90. The minimum Gasteiger partial charge on any atom is -0.325 e. The van der Waals surface area contributed by atoms with E-state index in [1.807, 2.05) is 55.5 Å². The quantitative estimate of drug-likeness (QED) is 0.461. The van der Waals surface area contributed by atoms with Crippen molar-refractivity contribution in [2.24, 2.45) is 0 Å². The van der Waals surface area contributed by atoms with Crippen molar-refractivity contribution in [3.63, 3.8) is 0 Å². The average Bonchev–Trinajstić information content (AvgIpc) is 2.70.